The summed E-state index contributed by atoms with van der Waals surface area (Å²) in [4.78, 5) is 37.7. The molecular weight excluding hydrogens is 340 g/mol. The van der Waals surface area contributed by atoms with Gasteiger partial charge in [-0.15, -0.1) is 11.8 Å². The van der Waals surface area contributed by atoms with Crippen LogP contribution in [0.25, 0.3) is 0 Å². The molecule has 1 aromatic carbocycles. The van der Waals surface area contributed by atoms with Crippen LogP contribution in [-0.4, -0.2) is 46.0 Å². The molecule has 0 radical (unpaired) electrons. The van der Waals surface area contributed by atoms with Crippen molar-refractivity contribution in [1.29, 1.82) is 0 Å². The van der Waals surface area contributed by atoms with E-state index in [4.69, 9.17) is 4.74 Å². The number of esters is 1. The van der Waals surface area contributed by atoms with E-state index < -0.39 is 17.9 Å². The van der Waals surface area contributed by atoms with Gasteiger partial charge < -0.3 is 15.0 Å². The van der Waals surface area contributed by atoms with Gasteiger partial charge in [-0.05, 0) is 50.5 Å². The Labute approximate surface area is 151 Å². The summed E-state index contributed by atoms with van der Waals surface area (Å²) in [6.07, 6.45) is 1.20. The van der Waals surface area contributed by atoms with Crippen LogP contribution in [0.3, 0.4) is 0 Å². The van der Waals surface area contributed by atoms with E-state index in [0.717, 1.165) is 17.5 Å². The van der Waals surface area contributed by atoms with Crippen LogP contribution in [0.2, 0.25) is 0 Å². The first-order valence-corrected chi connectivity index (χ1v) is 9.28. The Balaban J connectivity index is 1.54. The van der Waals surface area contributed by atoms with Crippen molar-refractivity contribution < 1.29 is 19.1 Å². The Morgan fingerprint density at radius 1 is 1.36 bits per heavy atom. The lowest BCUT2D eigenvalue weighted by atomic mass is 10.1. The highest BCUT2D eigenvalue weighted by atomic mass is 32.2. The molecule has 0 aromatic heterocycles. The average Bonchev–Trinajstić information content (AvgIpc) is 3.05. The highest BCUT2D eigenvalue weighted by Gasteiger charge is 2.53. The van der Waals surface area contributed by atoms with Crippen LogP contribution in [0, 0.1) is 13.8 Å². The lowest BCUT2D eigenvalue weighted by Gasteiger charge is -2.29. The van der Waals surface area contributed by atoms with Crippen molar-refractivity contribution in [3.63, 3.8) is 0 Å². The molecule has 2 aliphatic rings. The highest BCUT2D eigenvalue weighted by molar-refractivity contribution is 8.01. The first-order valence-electron chi connectivity index (χ1n) is 8.30. The zero-order valence-corrected chi connectivity index (χ0v) is 15.4. The highest BCUT2D eigenvalue weighted by Crippen LogP contribution is 2.47. The molecule has 2 atom stereocenters. The fourth-order valence-electron chi connectivity index (χ4n) is 3.24. The number of amides is 2. The summed E-state index contributed by atoms with van der Waals surface area (Å²) >= 11 is 1.60. The number of carbonyl (C=O) groups is 3. The van der Waals surface area contributed by atoms with Crippen LogP contribution >= 0.6 is 11.8 Å². The number of fused-ring (bicyclic) bond motifs is 1. The zero-order valence-electron chi connectivity index (χ0n) is 14.6. The van der Waals surface area contributed by atoms with Crippen molar-refractivity contribution in [2.75, 3.05) is 17.7 Å². The number of hydrogen-bond acceptors (Lipinski definition) is 5. The molecular formula is C18H22N2O4S. The zero-order chi connectivity index (χ0) is 18.2. The fraction of sp³-hybridized carbons (Fsp3) is 0.500. The Morgan fingerprint density at radius 2 is 2.12 bits per heavy atom. The molecule has 2 aliphatic heterocycles. The number of rotatable bonds is 4. The third kappa shape index (κ3) is 3.51. The second kappa shape index (κ2) is 6.71. The molecule has 2 fully saturated rings. The molecule has 3 rings (SSSR count). The second-order valence-electron chi connectivity index (χ2n) is 6.72. The van der Waals surface area contributed by atoms with Crippen LogP contribution < -0.4 is 5.32 Å². The topological polar surface area (TPSA) is 75.7 Å². The summed E-state index contributed by atoms with van der Waals surface area (Å²) in [7, 11) is 0. The largest absolute Gasteiger partial charge is 0.454 e. The van der Waals surface area contributed by atoms with Gasteiger partial charge in [0.25, 0.3) is 5.91 Å². The molecule has 6 nitrogen and oxygen atoms in total. The summed E-state index contributed by atoms with van der Waals surface area (Å²) < 4.78 is 5.16. The summed E-state index contributed by atoms with van der Waals surface area (Å²) in [6.45, 7) is 5.58. The van der Waals surface area contributed by atoms with E-state index in [1.165, 1.54) is 0 Å². The Bertz CT molecular complexity index is 736. The summed E-state index contributed by atoms with van der Waals surface area (Å²) in [6, 6.07) is 5.01. The molecule has 7 heteroatoms. The van der Waals surface area contributed by atoms with Gasteiger partial charge in [0, 0.05) is 17.9 Å². The average molecular weight is 362 g/mol. The molecule has 1 aromatic rings. The summed E-state index contributed by atoms with van der Waals surface area (Å²) in [5, 5.41) is 2.72. The predicted molar refractivity (Wildman–Crippen MR) is 96.2 cm³/mol. The molecule has 0 bridgehead atoms. The van der Waals surface area contributed by atoms with Gasteiger partial charge in [-0.25, -0.2) is 4.79 Å². The molecule has 134 valence electrons. The van der Waals surface area contributed by atoms with Crippen molar-refractivity contribution in [1.82, 2.24) is 4.90 Å². The monoisotopic (exact) mass is 362 g/mol. The molecule has 1 N–H and O–H groups in total. The first-order chi connectivity index (χ1) is 11.8. The number of thioether (sulfide) groups is 1. The van der Waals surface area contributed by atoms with Crippen LogP contribution in [0.4, 0.5) is 5.69 Å². The van der Waals surface area contributed by atoms with Gasteiger partial charge in [0.1, 0.15) is 6.04 Å². The Hall–Kier alpha value is -2.02. The molecule has 0 aliphatic carbocycles. The molecule has 25 heavy (non-hydrogen) atoms. The predicted octanol–water partition coefficient (Wildman–Crippen LogP) is 2.24. The van der Waals surface area contributed by atoms with E-state index >= 15 is 0 Å². The van der Waals surface area contributed by atoms with Gasteiger partial charge in [0.15, 0.2) is 6.61 Å². The van der Waals surface area contributed by atoms with Crippen molar-refractivity contribution >= 4 is 35.2 Å². The fourth-order valence-corrected chi connectivity index (χ4v) is 4.66. The van der Waals surface area contributed by atoms with E-state index in [0.29, 0.717) is 17.9 Å². The van der Waals surface area contributed by atoms with Gasteiger partial charge >= 0.3 is 5.97 Å². The maximum Gasteiger partial charge on any atom is 0.330 e. The van der Waals surface area contributed by atoms with Crippen LogP contribution in [0.1, 0.15) is 30.9 Å². The third-order valence-corrected chi connectivity index (χ3v) is 6.36. The third-order valence-electron chi connectivity index (χ3n) is 4.85. The van der Waals surface area contributed by atoms with E-state index in [9.17, 15) is 14.4 Å². The molecule has 0 unspecified atom stereocenters. The summed E-state index contributed by atoms with van der Waals surface area (Å²) in [5.41, 5.74) is 2.88. The number of ether oxygens (including phenoxy) is 1. The maximum absolute atomic E-state index is 12.3. The smallest absolute Gasteiger partial charge is 0.330 e. The van der Waals surface area contributed by atoms with Gasteiger partial charge in [-0.3, -0.25) is 9.59 Å². The molecule has 0 saturated carbocycles. The minimum Gasteiger partial charge on any atom is -0.454 e. The number of nitrogens with one attached hydrogen (secondary N) is 1. The Morgan fingerprint density at radius 3 is 2.84 bits per heavy atom. The second-order valence-corrected chi connectivity index (χ2v) is 8.22. The van der Waals surface area contributed by atoms with Gasteiger partial charge in [-0.1, -0.05) is 6.07 Å². The lowest BCUT2D eigenvalue weighted by molar-refractivity contribution is -0.155. The maximum atomic E-state index is 12.3. The number of hydrogen-bond donors (Lipinski definition) is 1. The first kappa shape index (κ1) is 17.8. The van der Waals surface area contributed by atoms with Crippen molar-refractivity contribution in [2.24, 2.45) is 0 Å². The minimum absolute atomic E-state index is 0.0194. The number of anilines is 1. The van der Waals surface area contributed by atoms with E-state index in [1.54, 1.807) is 16.7 Å². The normalized spacial score (nSPS) is 25.0. The van der Waals surface area contributed by atoms with Crippen molar-refractivity contribution in [3.8, 4) is 0 Å². The molecule has 2 amide bonds. The number of nitrogens with zero attached hydrogens (tertiary/aromatic N) is 1. The summed E-state index contributed by atoms with van der Waals surface area (Å²) in [5.74, 6) is -0.409. The van der Waals surface area contributed by atoms with Crippen molar-refractivity contribution in [3.05, 3.63) is 29.3 Å². The van der Waals surface area contributed by atoms with Gasteiger partial charge in [0.2, 0.25) is 5.91 Å². The SMILES string of the molecule is Cc1ccc(NC(=O)COC(=O)[C@H]2CS[C@@]3(C)CCC(=O)N23)cc1C. The van der Waals surface area contributed by atoms with E-state index in [2.05, 4.69) is 5.32 Å². The molecule has 2 saturated heterocycles. The van der Waals surface area contributed by atoms with E-state index in [-0.39, 0.29) is 17.4 Å². The van der Waals surface area contributed by atoms with E-state index in [1.807, 2.05) is 39.0 Å². The number of aryl methyl sites for hydroxylation is 2. The Kier molecular flexibility index (Phi) is 4.77. The lowest BCUT2D eigenvalue weighted by Crippen LogP contribution is -2.47. The number of carbonyl (C=O) groups excluding carboxylic acids is 3. The number of benzene rings is 1. The quantitative estimate of drug-likeness (QED) is 0.832. The molecule has 2 heterocycles. The van der Waals surface area contributed by atoms with Crippen LogP contribution in [0.15, 0.2) is 18.2 Å². The van der Waals surface area contributed by atoms with Crippen molar-refractivity contribution in [2.45, 2.75) is 44.5 Å². The van der Waals surface area contributed by atoms with Crippen LogP contribution in [0.5, 0.6) is 0 Å². The minimum atomic E-state index is -0.598. The van der Waals surface area contributed by atoms with Gasteiger partial charge in [-0.2, -0.15) is 0 Å². The standard InChI is InChI=1S/C18H22N2O4S/c1-11-4-5-13(8-12(11)2)19-15(21)9-24-17(23)14-10-25-18(3)7-6-16(22)20(14)18/h4-5,8,14H,6-7,9-10H2,1-3H3,(H,19,21)/t14-,18+/m1/s1. The van der Waals surface area contributed by atoms with Crippen LogP contribution in [-0.2, 0) is 19.1 Å². The molecule has 0 spiro atoms. The van der Waals surface area contributed by atoms with Gasteiger partial charge in [0.05, 0.1) is 4.87 Å².